The fraction of sp³-hybridized carbons (Fsp3) is 1.00. The second-order valence-corrected chi connectivity index (χ2v) is 5.16. The van der Waals surface area contributed by atoms with Gasteiger partial charge >= 0.3 is 0 Å². The van der Waals surface area contributed by atoms with Crippen LogP contribution in [0.2, 0.25) is 0 Å². The summed E-state index contributed by atoms with van der Waals surface area (Å²) in [5, 5.41) is 6.51. The molecule has 0 amide bonds. The van der Waals surface area contributed by atoms with E-state index in [1.165, 1.54) is 0 Å². The van der Waals surface area contributed by atoms with Crippen molar-refractivity contribution in [2.45, 2.75) is 65.0 Å². The van der Waals surface area contributed by atoms with Crippen molar-refractivity contribution in [1.29, 1.82) is 0 Å². The molecule has 0 aliphatic rings. The Morgan fingerprint density at radius 2 is 1.65 bits per heavy atom. The van der Waals surface area contributed by atoms with E-state index in [1.807, 2.05) is 27.7 Å². The van der Waals surface area contributed by atoms with E-state index < -0.39 is 12.1 Å². The summed E-state index contributed by atoms with van der Waals surface area (Å²) in [6.45, 7) is 11.2. The summed E-state index contributed by atoms with van der Waals surface area (Å²) in [5.74, 6) is -1.20. The predicted octanol–water partition coefficient (Wildman–Crippen LogP) is 0.464. The van der Waals surface area contributed by atoms with Crippen LogP contribution in [0.15, 0.2) is 0 Å². The lowest BCUT2D eigenvalue weighted by Gasteiger charge is -2.39. The van der Waals surface area contributed by atoms with Crippen molar-refractivity contribution in [1.82, 2.24) is 10.6 Å². The highest BCUT2D eigenvalue weighted by atomic mass is 28.1. The van der Waals surface area contributed by atoms with Gasteiger partial charge in [0.1, 0.15) is 0 Å². The number of hydrogen-bond donors (Lipinski definition) is 3. The van der Waals surface area contributed by atoms with Gasteiger partial charge in [-0.2, -0.15) is 0 Å². The van der Waals surface area contributed by atoms with Crippen LogP contribution in [0.4, 0.5) is 0 Å². The van der Waals surface area contributed by atoms with E-state index in [0.29, 0.717) is 19.8 Å². The van der Waals surface area contributed by atoms with E-state index in [-0.39, 0.29) is 11.8 Å². The van der Waals surface area contributed by atoms with E-state index >= 15 is 0 Å². The Balaban J connectivity index is 4.77. The van der Waals surface area contributed by atoms with Crippen LogP contribution in [0.5, 0.6) is 0 Å². The molecule has 0 aromatic heterocycles. The third kappa shape index (κ3) is 7.12. The quantitative estimate of drug-likeness (QED) is 0.359. The first-order valence-electron chi connectivity index (χ1n) is 7.34. The number of nitrogens with two attached hydrogens (primary N) is 1. The molecule has 119 valence electrons. The molecule has 3 atom stereocenters. The van der Waals surface area contributed by atoms with E-state index in [9.17, 15) is 0 Å². The van der Waals surface area contributed by atoms with Crippen LogP contribution in [0, 0.1) is 0 Å². The summed E-state index contributed by atoms with van der Waals surface area (Å²) in [7, 11) is 3.58. The topological polar surface area (TPSA) is 77.8 Å². The van der Waals surface area contributed by atoms with Gasteiger partial charge in [0.2, 0.25) is 12.1 Å². The Hall–Kier alpha value is -0.0231. The van der Waals surface area contributed by atoms with Gasteiger partial charge < -0.3 is 19.5 Å². The molecule has 6 nitrogen and oxygen atoms in total. The zero-order valence-electron chi connectivity index (χ0n) is 13.4. The van der Waals surface area contributed by atoms with Crippen molar-refractivity contribution in [3.63, 3.8) is 0 Å². The largest absolute Gasteiger partial charge is 0.348 e. The normalized spacial score (nSPS) is 18.0. The maximum atomic E-state index is 6.30. The summed E-state index contributed by atoms with van der Waals surface area (Å²) < 4.78 is 16.8. The molecule has 0 heterocycles. The molecule has 0 bridgehead atoms. The molecule has 0 aliphatic carbocycles. The van der Waals surface area contributed by atoms with Gasteiger partial charge in [-0.15, -0.1) is 0 Å². The van der Waals surface area contributed by atoms with Crippen molar-refractivity contribution >= 4 is 10.2 Å². The van der Waals surface area contributed by atoms with Gasteiger partial charge in [-0.1, -0.05) is 6.92 Å². The van der Waals surface area contributed by atoms with Crippen molar-refractivity contribution in [2.24, 2.45) is 5.73 Å². The molecule has 0 aliphatic heterocycles. The van der Waals surface area contributed by atoms with Gasteiger partial charge in [0.25, 0.3) is 0 Å². The van der Waals surface area contributed by atoms with E-state index in [1.54, 1.807) is 0 Å². The molecule has 0 fully saturated rings. The maximum absolute atomic E-state index is 6.30. The van der Waals surface area contributed by atoms with Gasteiger partial charge in [-0.05, 0) is 39.8 Å². The van der Waals surface area contributed by atoms with E-state index in [0.717, 1.165) is 6.42 Å². The Bertz CT molecular complexity index is 243. The molecule has 0 saturated heterocycles. The molecule has 20 heavy (non-hydrogen) atoms. The van der Waals surface area contributed by atoms with Crippen LogP contribution in [0.25, 0.3) is 0 Å². The third-order valence-electron chi connectivity index (χ3n) is 2.67. The Kier molecular flexibility index (Phi) is 10.7. The zero-order chi connectivity index (χ0) is 15.6. The Labute approximate surface area is 126 Å². The minimum Gasteiger partial charge on any atom is -0.348 e. The summed E-state index contributed by atoms with van der Waals surface area (Å²) in [4.78, 5) is 0. The number of ether oxygens (including phenoxy) is 3. The first kappa shape index (κ1) is 20.0. The van der Waals surface area contributed by atoms with Gasteiger partial charge in [0.15, 0.2) is 0 Å². The molecule has 0 aromatic carbocycles. The van der Waals surface area contributed by atoms with Gasteiger partial charge in [0.05, 0.1) is 6.17 Å². The van der Waals surface area contributed by atoms with E-state index in [2.05, 4.69) is 27.8 Å². The predicted molar refractivity (Wildman–Crippen MR) is 81.2 cm³/mol. The molecule has 0 spiro atoms. The van der Waals surface area contributed by atoms with Gasteiger partial charge in [-0.3, -0.25) is 11.1 Å². The molecule has 0 saturated carbocycles. The molecular formula is C13H30N3O3Si. The minimum atomic E-state index is -1.20. The van der Waals surface area contributed by atoms with Crippen molar-refractivity contribution in [2.75, 3.05) is 19.8 Å². The molecule has 3 unspecified atom stereocenters. The second kappa shape index (κ2) is 10.7. The molecule has 7 heteroatoms. The molecule has 0 rings (SSSR count). The van der Waals surface area contributed by atoms with Gasteiger partial charge in [-0.25, -0.2) is 0 Å². The van der Waals surface area contributed by atoms with Crippen molar-refractivity contribution in [3.05, 3.63) is 0 Å². The highest BCUT2D eigenvalue weighted by Crippen LogP contribution is 2.13. The SMILES string of the molecule is CCOC(OCC)C(N)(NC(C)NC([Si])CC)OCC. The lowest BCUT2D eigenvalue weighted by atomic mass is 10.3. The lowest BCUT2D eigenvalue weighted by Crippen LogP contribution is -2.69. The summed E-state index contributed by atoms with van der Waals surface area (Å²) in [6.07, 6.45) is 0.212. The summed E-state index contributed by atoms with van der Waals surface area (Å²) >= 11 is 0. The van der Waals surface area contributed by atoms with Gasteiger partial charge in [0, 0.05) is 30.1 Å². The van der Waals surface area contributed by atoms with Crippen LogP contribution in [-0.2, 0) is 14.2 Å². The highest BCUT2D eigenvalue weighted by Gasteiger charge is 2.38. The monoisotopic (exact) mass is 304 g/mol. The van der Waals surface area contributed by atoms with Crippen LogP contribution in [-0.4, -0.2) is 54.0 Å². The standard InChI is InChI=1S/C13H30N3O3Si/c1-6-11(20)15-10(5)16-13(14,19-9-4)12(17-7-2)18-8-3/h10-12,15-16H,6-9,14H2,1-5H3. The first-order chi connectivity index (χ1) is 9.43. The fourth-order valence-electron chi connectivity index (χ4n) is 1.81. The number of hydrogen-bond acceptors (Lipinski definition) is 6. The molecule has 3 radical (unpaired) electrons. The Morgan fingerprint density at radius 1 is 1.10 bits per heavy atom. The fourth-order valence-corrected chi connectivity index (χ4v) is 2.06. The van der Waals surface area contributed by atoms with Crippen LogP contribution in [0.1, 0.15) is 41.0 Å². The summed E-state index contributed by atoms with van der Waals surface area (Å²) in [5.41, 5.74) is 6.50. The third-order valence-corrected chi connectivity index (χ3v) is 3.25. The van der Waals surface area contributed by atoms with Crippen molar-refractivity contribution < 1.29 is 14.2 Å². The van der Waals surface area contributed by atoms with Crippen LogP contribution in [0.3, 0.4) is 0 Å². The summed E-state index contributed by atoms with van der Waals surface area (Å²) in [6, 6.07) is 0. The van der Waals surface area contributed by atoms with Crippen molar-refractivity contribution in [3.8, 4) is 0 Å². The average Bonchev–Trinajstić information content (AvgIpc) is 2.38. The average molecular weight is 304 g/mol. The van der Waals surface area contributed by atoms with E-state index in [4.69, 9.17) is 19.9 Å². The van der Waals surface area contributed by atoms with Crippen LogP contribution >= 0.6 is 0 Å². The smallest absolute Gasteiger partial charge is 0.226 e. The molecule has 0 aromatic rings. The highest BCUT2D eigenvalue weighted by molar-refractivity contribution is 6.11. The number of rotatable bonds is 12. The van der Waals surface area contributed by atoms with Crippen LogP contribution < -0.4 is 16.4 Å². The Morgan fingerprint density at radius 3 is 2.05 bits per heavy atom. The molecular weight excluding hydrogens is 274 g/mol. The second-order valence-electron chi connectivity index (χ2n) is 4.46. The number of nitrogens with one attached hydrogen (secondary N) is 2. The molecule has 4 N–H and O–H groups in total. The zero-order valence-corrected chi connectivity index (χ0v) is 14.4. The maximum Gasteiger partial charge on any atom is 0.226 e. The minimum absolute atomic E-state index is 0.0718. The lowest BCUT2D eigenvalue weighted by molar-refractivity contribution is -0.263. The first-order valence-corrected chi connectivity index (χ1v) is 7.91.